The van der Waals surface area contributed by atoms with E-state index in [0.29, 0.717) is 25.7 Å². The molecule has 118 valence electrons. The fraction of sp³-hybridized carbons (Fsp3) is 0.867. The molecule has 1 saturated heterocycles. The number of carbonyl (C=O) groups is 2. The third-order valence-electron chi connectivity index (χ3n) is 4.85. The number of hydrogen-bond acceptors (Lipinski definition) is 3. The van der Waals surface area contributed by atoms with Crippen LogP contribution in [0.15, 0.2) is 0 Å². The highest BCUT2D eigenvalue weighted by Crippen LogP contribution is 2.44. The summed E-state index contributed by atoms with van der Waals surface area (Å²) in [5, 5.41) is 11.9. The zero-order chi connectivity index (χ0) is 14.8. The molecule has 0 unspecified atom stereocenters. The van der Waals surface area contributed by atoms with Crippen LogP contribution in [0, 0.1) is 11.8 Å². The minimum atomic E-state index is -0.758. The summed E-state index contributed by atoms with van der Waals surface area (Å²) in [5.74, 6) is 0.684. The molecule has 21 heavy (non-hydrogen) atoms. The SMILES string of the molecule is O=C(O)CCN1CCN(C(=O)NC(C2CC2)C2CC2)CC1. The monoisotopic (exact) mass is 295 g/mol. The molecule has 0 aromatic carbocycles. The highest BCUT2D eigenvalue weighted by Gasteiger charge is 2.42. The number of carbonyl (C=O) groups excluding carboxylic acids is 1. The number of amides is 2. The van der Waals surface area contributed by atoms with Crippen LogP contribution in [0.25, 0.3) is 0 Å². The molecule has 2 saturated carbocycles. The number of urea groups is 1. The van der Waals surface area contributed by atoms with Gasteiger partial charge in [0.25, 0.3) is 0 Å². The molecule has 6 nitrogen and oxygen atoms in total. The third-order valence-corrected chi connectivity index (χ3v) is 4.85. The van der Waals surface area contributed by atoms with Gasteiger partial charge < -0.3 is 15.3 Å². The van der Waals surface area contributed by atoms with Crippen molar-refractivity contribution in [2.75, 3.05) is 32.7 Å². The van der Waals surface area contributed by atoms with Crippen LogP contribution in [-0.4, -0.2) is 65.7 Å². The Kier molecular flexibility index (Phi) is 4.33. The zero-order valence-corrected chi connectivity index (χ0v) is 12.5. The van der Waals surface area contributed by atoms with Crippen LogP contribution in [0.4, 0.5) is 4.79 Å². The van der Waals surface area contributed by atoms with Gasteiger partial charge in [0, 0.05) is 38.8 Å². The Morgan fingerprint density at radius 3 is 2.10 bits per heavy atom. The molecule has 0 radical (unpaired) electrons. The van der Waals surface area contributed by atoms with E-state index in [1.54, 1.807) is 0 Å². The summed E-state index contributed by atoms with van der Waals surface area (Å²) in [7, 11) is 0. The van der Waals surface area contributed by atoms with Crippen LogP contribution in [0.2, 0.25) is 0 Å². The topological polar surface area (TPSA) is 72.9 Å². The van der Waals surface area contributed by atoms with Gasteiger partial charge in [-0.3, -0.25) is 9.69 Å². The standard InChI is InChI=1S/C15H25N3O3/c19-13(20)5-6-17-7-9-18(10-8-17)15(21)16-14(11-1-2-11)12-3-4-12/h11-12,14H,1-10H2,(H,16,21)(H,19,20). The van der Waals surface area contributed by atoms with Gasteiger partial charge in [-0.05, 0) is 37.5 Å². The van der Waals surface area contributed by atoms with Gasteiger partial charge in [0.15, 0.2) is 0 Å². The Labute approximate surface area is 125 Å². The number of piperazine rings is 1. The molecular weight excluding hydrogens is 270 g/mol. The van der Waals surface area contributed by atoms with Gasteiger partial charge in [0.1, 0.15) is 0 Å². The van der Waals surface area contributed by atoms with Crippen molar-refractivity contribution in [1.82, 2.24) is 15.1 Å². The second-order valence-corrected chi connectivity index (χ2v) is 6.62. The van der Waals surface area contributed by atoms with Crippen LogP contribution >= 0.6 is 0 Å². The van der Waals surface area contributed by atoms with Crippen LogP contribution in [0.1, 0.15) is 32.1 Å². The quantitative estimate of drug-likeness (QED) is 0.766. The van der Waals surface area contributed by atoms with Crippen LogP contribution in [0.5, 0.6) is 0 Å². The predicted octanol–water partition coefficient (Wildman–Crippen LogP) is 0.977. The van der Waals surface area contributed by atoms with Crippen molar-refractivity contribution in [1.29, 1.82) is 0 Å². The van der Waals surface area contributed by atoms with Crippen molar-refractivity contribution in [3.63, 3.8) is 0 Å². The van der Waals surface area contributed by atoms with Gasteiger partial charge in [-0.1, -0.05) is 0 Å². The molecule has 0 bridgehead atoms. The Morgan fingerprint density at radius 1 is 1.05 bits per heavy atom. The molecule has 2 aliphatic carbocycles. The predicted molar refractivity (Wildman–Crippen MR) is 78.0 cm³/mol. The van der Waals surface area contributed by atoms with E-state index in [0.717, 1.165) is 24.9 Å². The fourth-order valence-corrected chi connectivity index (χ4v) is 3.19. The van der Waals surface area contributed by atoms with E-state index < -0.39 is 5.97 Å². The van der Waals surface area contributed by atoms with Crippen molar-refractivity contribution < 1.29 is 14.7 Å². The molecule has 6 heteroatoms. The normalized spacial score (nSPS) is 23.4. The van der Waals surface area contributed by atoms with Crippen LogP contribution in [0.3, 0.4) is 0 Å². The first-order chi connectivity index (χ1) is 10.1. The Hall–Kier alpha value is -1.30. The van der Waals surface area contributed by atoms with Crippen molar-refractivity contribution in [2.24, 2.45) is 11.8 Å². The van der Waals surface area contributed by atoms with E-state index in [9.17, 15) is 9.59 Å². The smallest absolute Gasteiger partial charge is 0.317 e. The molecule has 2 amide bonds. The summed E-state index contributed by atoms with van der Waals surface area (Å²) in [6.07, 6.45) is 5.25. The van der Waals surface area contributed by atoms with Crippen molar-refractivity contribution in [3.05, 3.63) is 0 Å². The molecule has 0 atom stereocenters. The number of aliphatic carboxylic acids is 1. The summed E-state index contributed by atoms with van der Waals surface area (Å²) in [4.78, 5) is 26.9. The molecule has 3 fully saturated rings. The van der Waals surface area contributed by atoms with Crippen molar-refractivity contribution in [3.8, 4) is 0 Å². The molecule has 3 rings (SSSR count). The van der Waals surface area contributed by atoms with E-state index in [1.165, 1.54) is 25.7 Å². The second kappa shape index (κ2) is 6.22. The Morgan fingerprint density at radius 2 is 1.62 bits per heavy atom. The summed E-state index contributed by atoms with van der Waals surface area (Å²) < 4.78 is 0. The molecule has 0 spiro atoms. The highest BCUT2D eigenvalue weighted by molar-refractivity contribution is 5.74. The van der Waals surface area contributed by atoms with Gasteiger partial charge in [0.05, 0.1) is 6.42 Å². The largest absolute Gasteiger partial charge is 0.481 e. The molecular formula is C15H25N3O3. The minimum absolute atomic E-state index is 0.0803. The second-order valence-electron chi connectivity index (χ2n) is 6.62. The van der Waals surface area contributed by atoms with Gasteiger partial charge in [0.2, 0.25) is 0 Å². The molecule has 2 N–H and O–H groups in total. The molecule has 0 aromatic rings. The van der Waals surface area contributed by atoms with E-state index in [2.05, 4.69) is 10.2 Å². The Balaban J connectivity index is 1.41. The maximum absolute atomic E-state index is 12.3. The number of rotatable bonds is 6. The van der Waals surface area contributed by atoms with Gasteiger partial charge in [-0.25, -0.2) is 4.79 Å². The van der Waals surface area contributed by atoms with E-state index in [4.69, 9.17) is 5.11 Å². The van der Waals surface area contributed by atoms with Crippen molar-refractivity contribution >= 4 is 12.0 Å². The van der Waals surface area contributed by atoms with Gasteiger partial charge >= 0.3 is 12.0 Å². The van der Waals surface area contributed by atoms with Crippen molar-refractivity contribution in [2.45, 2.75) is 38.1 Å². The highest BCUT2D eigenvalue weighted by atomic mass is 16.4. The lowest BCUT2D eigenvalue weighted by atomic mass is 10.1. The van der Waals surface area contributed by atoms with Gasteiger partial charge in [-0.15, -0.1) is 0 Å². The Bertz CT molecular complexity index is 387. The number of carboxylic acid groups (broad SMARTS) is 1. The third kappa shape index (κ3) is 4.09. The number of nitrogens with zero attached hydrogens (tertiary/aromatic N) is 2. The number of carboxylic acids is 1. The van der Waals surface area contributed by atoms with E-state index in [1.807, 2.05) is 4.90 Å². The first-order valence-electron chi connectivity index (χ1n) is 8.13. The molecule has 0 aromatic heterocycles. The van der Waals surface area contributed by atoms with Crippen LogP contribution in [-0.2, 0) is 4.79 Å². The lowest BCUT2D eigenvalue weighted by molar-refractivity contribution is -0.137. The molecule has 3 aliphatic rings. The number of nitrogens with one attached hydrogen (secondary N) is 1. The van der Waals surface area contributed by atoms with Gasteiger partial charge in [-0.2, -0.15) is 0 Å². The first kappa shape index (κ1) is 14.6. The lowest BCUT2D eigenvalue weighted by Crippen LogP contribution is -2.54. The maximum atomic E-state index is 12.3. The summed E-state index contributed by atoms with van der Waals surface area (Å²) in [6, 6.07) is 0.485. The number of hydrogen-bond donors (Lipinski definition) is 2. The average molecular weight is 295 g/mol. The maximum Gasteiger partial charge on any atom is 0.317 e. The summed E-state index contributed by atoms with van der Waals surface area (Å²) >= 11 is 0. The van der Waals surface area contributed by atoms with E-state index >= 15 is 0 Å². The first-order valence-corrected chi connectivity index (χ1v) is 8.13. The van der Waals surface area contributed by atoms with E-state index in [-0.39, 0.29) is 12.5 Å². The summed E-state index contributed by atoms with van der Waals surface area (Å²) in [6.45, 7) is 3.54. The van der Waals surface area contributed by atoms with Crippen LogP contribution < -0.4 is 5.32 Å². The lowest BCUT2D eigenvalue weighted by Gasteiger charge is -2.35. The summed E-state index contributed by atoms with van der Waals surface area (Å²) in [5.41, 5.74) is 0. The molecule has 1 heterocycles. The fourth-order valence-electron chi connectivity index (χ4n) is 3.19. The average Bonchev–Trinajstić information content (AvgIpc) is 3.36. The minimum Gasteiger partial charge on any atom is -0.481 e. The molecule has 1 aliphatic heterocycles. The zero-order valence-electron chi connectivity index (χ0n) is 12.5.